The number of likely N-dealkylation sites (N-methyl/N-ethyl adjacent to an activating group) is 1. The van der Waals surface area contributed by atoms with E-state index in [1.807, 2.05) is 7.05 Å². The van der Waals surface area contributed by atoms with Crippen LogP contribution >= 0.6 is 0 Å². The topological polar surface area (TPSA) is 61.7 Å². The number of rotatable bonds is 4. The summed E-state index contributed by atoms with van der Waals surface area (Å²) in [6.07, 6.45) is 8.44. The predicted octanol–water partition coefficient (Wildman–Crippen LogP) is 3.28. The fourth-order valence-corrected chi connectivity index (χ4v) is 7.08. The Morgan fingerprint density at radius 3 is 2.88 bits per heavy atom. The van der Waals surface area contributed by atoms with E-state index in [9.17, 15) is 10.2 Å². The van der Waals surface area contributed by atoms with E-state index in [0.717, 1.165) is 37.7 Å². The molecule has 0 radical (unpaired) electrons. The van der Waals surface area contributed by atoms with Crippen molar-refractivity contribution < 1.29 is 14.9 Å². The summed E-state index contributed by atoms with van der Waals surface area (Å²) in [4.78, 5) is 0. The van der Waals surface area contributed by atoms with Crippen molar-refractivity contribution in [1.82, 2.24) is 5.32 Å². The van der Waals surface area contributed by atoms with Gasteiger partial charge in [0.25, 0.3) is 0 Å². The summed E-state index contributed by atoms with van der Waals surface area (Å²) in [6, 6.07) is 4.10. The molecule has 5 unspecified atom stereocenters. The molecule has 4 heteroatoms. The van der Waals surface area contributed by atoms with E-state index >= 15 is 0 Å². The van der Waals surface area contributed by atoms with Crippen molar-refractivity contribution in [2.45, 2.75) is 81.5 Å². The van der Waals surface area contributed by atoms with Gasteiger partial charge in [-0.1, -0.05) is 32.3 Å². The third-order valence-electron chi connectivity index (χ3n) is 8.21. The SMILES string of the molecule is CCCC[C@@H]1CCC23c4c5ccc(O)c4OC2C(NC)CCC3(O)C1C5. The lowest BCUT2D eigenvalue weighted by Crippen LogP contribution is -2.73. The van der Waals surface area contributed by atoms with E-state index in [0.29, 0.717) is 17.6 Å². The summed E-state index contributed by atoms with van der Waals surface area (Å²) in [5, 5.41) is 26.1. The first kappa shape index (κ1) is 16.9. The smallest absolute Gasteiger partial charge is 0.165 e. The lowest BCUT2D eigenvalue weighted by Gasteiger charge is -2.63. The number of ether oxygens (including phenoxy) is 1. The van der Waals surface area contributed by atoms with Gasteiger partial charge in [-0.05, 0) is 62.6 Å². The van der Waals surface area contributed by atoms with Crippen LogP contribution in [-0.2, 0) is 11.8 Å². The molecule has 5 rings (SSSR count). The zero-order chi connectivity index (χ0) is 18.1. The Kier molecular flexibility index (Phi) is 3.65. The largest absolute Gasteiger partial charge is 0.504 e. The van der Waals surface area contributed by atoms with Crippen LogP contribution in [0.2, 0.25) is 0 Å². The quantitative estimate of drug-likeness (QED) is 0.774. The number of aromatic hydroxyl groups is 1. The van der Waals surface area contributed by atoms with Gasteiger partial charge in [-0.2, -0.15) is 0 Å². The summed E-state index contributed by atoms with van der Waals surface area (Å²) in [7, 11) is 1.99. The summed E-state index contributed by atoms with van der Waals surface area (Å²) >= 11 is 0. The van der Waals surface area contributed by atoms with Gasteiger partial charge in [-0.15, -0.1) is 0 Å². The second-order valence-corrected chi connectivity index (χ2v) is 9.07. The molecule has 1 heterocycles. The second-order valence-electron chi connectivity index (χ2n) is 9.07. The molecule has 1 aromatic carbocycles. The fraction of sp³-hybridized carbons (Fsp3) is 0.727. The number of benzene rings is 1. The van der Waals surface area contributed by atoms with E-state index in [1.165, 1.54) is 24.8 Å². The number of hydrogen-bond acceptors (Lipinski definition) is 4. The molecule has 1 aliphatic heterocycles. The third kappa shape index (κ3) is 1.83. The summed E-state index contributed by atoms with van der Waals surface area (Å²) in [5.74, 6) is 1.80. The average Bonchev–Trinajstić information content (AvgIpc) is 2.98. The summed E-state index contributed by atoms with van der Waals surface area (Å²) < 4.78 is 6.42. The van der Waals surface area contributed by atoms with E-state index in [4.69, 9.17) is 4.74 Å². The first-order chi connectivity index (χ1) is 12.6. The van der Waals surface area contributed by atoms with Crippen LogP contribution in [0.1, 0.15) is 63.0 Å². The minimum Gasteiger partial charge on any atom is -0.504 e. The van der Waals surface area contributed by atoms with Crippen LogP contribution in [0.4, 0.5) is 0 Å². The number of unbranched alkanes of at least 4 members (excludes halogenated alkanes) is 1. The number of hydrogen-bond donors (Lipinski definition) is 3. The third-order valence-corrected chi connectivity index (χ3v) is 8.21. The van der Waals surface area contributed by atoms with Gasteiger partial charge in [0.15, 0.2) is 11.5 Å². The van der Waals surface area contributed by atoms with Gasteiger partial charge in [0.1, 0.15) is 6.10 Å². The zero-order valence-corrected chi connectivity index (χ0v) is 15.9. The second kappa shape index (κ2) is 5.62. The van der Waals surface area contributed by atoms with Crippen molar-refractivity contribution in [2.24, 2.45) is 11.8 Å². The highest BCUT2D eigenvalue weighted by atomic mass is 16.5. The van der Waals surface area contributed by atoms with Gasteiger partial charge in [-0.25, -0.2) is 0 Å². The molecule has 4 nitrogen and oxygen atoms in total. The molecule has 6 atom stereocenters. The lowest BCUT2D eigenvalue weighted by molar-refractivity contribution is -0.191. The Bertz CT molecular complexity index is 734. The summed E-state index contributed by atoms with van der Waals surface area (Å²) in [6.45, 7) is 2.25. The van der Waals surface area contributed by atoms with Gasteiger partial charge in [0, 0.05) is 11.6 Å². The Balaban J connectivity index is 1.70. The van der Waals surface area contributed by atoms with Crippen LogP contribution in [0.25, 0.3) is 0 Å². The van der Waals surface area contributed by atoms with Crippen molar-refractivity contribution in [3.05, 3.63) is 23.3 Å². The standard InChI is InChI=1S/C22H31NO3/c1-3-4-5-13-8-10-21-18-14-6-7-17(24)19(18)26-20(21)16(23-2)9-11-22(21,25)15(13)12-14/h6-7,13,15-16,20,23-25H,3-5,8-12H2,1-2H3/t13-,15?,16?,20?,21?,22?/m1/s1. The van der Waals surface area contributed by atoms with E-state index in [1.54, 1.807) is 6.07 Å². The molecule has 0 saturated heterocycles. The molecular formula is C22H31NO3. The van der Waals surface area contributed by atoms with Crippen LogP contribution in [0.15, 0.2) is 12.1 Å². The van der Waals surface area contributed by atoms with Crippen LogP contribution in [0, 0.1) is 11.8 Å². The molecule has 1 spiro atoms. The first-order valence-corrected chi connectivity index (χ1v) is 10.5. The van der Waals surface area contributed by atoms with Crippen LogP contribution < -0.4 is 10.1 Å². The minimum atomic E-state index is -0.701. The molecule has 2 bridgehead atoms. The predicted molar refractivity (Wildman–Crippen MR) is 101 cm³/mol. The van der Waals surface area contributed by atoms with Gasteiger partial charge in [0.05, 0.1) is 11.0 Å². The van der Waals surface area contributed by atoms with Crippen molar-refractivity contribution in [3.8, 4) is 11.5 Å². The van der Waals surface area contributed by atoms with E-state index in [-0.39, 0.29) is 23.3 Å². The molecule has 4 aliphatic rings. The van der Waals surface area contributed by atoms with Gasteiger partial charge >= 0.3 is 0 Å². The molecule has 26 heavy (non-hydrogen) atoms. The molecule has 2 fully saturated rings. The molecule has 0 aromatic heterocycles. The Morgan fingerprint density at radius 1 is 1.27 bits per heavy atom. The van der Waals surface area contributed by atoms with Crippen LogP contribution in [0.3, 0.4) is 0 Å². The van der Waals surface area contributed by atoms with Gasteiger partial charge < -0.3 is 20.3 Å². The highest BCUT2D eigenvalue weighted by molar-refractivity contribution is 5.62. The monoisotopic (exact) mass is 357 g/mol. The van der Waals surface area contributed by atoms with Gasteiger partial charge in [0.2, 0.25) is 0 Å². The zero-order valence-electron chi connectivity index (χ0n) is 15.9. The van der Waals surface area contributed by atoms with Crippen molar-refractivity contribution in [1.29, 1.82) is 0 Å². The summed E-state index contributed by atoms with van der Waals surface area (Å²) in [5.41, 5.74) is 1.38. The van der Waals surface area contributed by atoms with Crippen LogP contribution in [-0.4, -0.2) is 35.0 Å². The first-order valence-electron chi connectivity index (χ1n) is 10.5. The molecule has 2 saturated carbocycles. The Labute approximate surface area is 155 Å². The average molecular weight is 357 g/mol. The van der Waals surface area contributed by atoms with E-state index < -0.39 is 5.60 Å². The van der Waals surface area contributed by atoms with Crippen LogP contribution in [0.5, 0.6) is 11.5 Å². The fourth-order valence-electron chi connectivity index (χ4n) is 7.08. The number of phenolic OH excluding ortho intramolecular Hbond substituents is 1. The molecular weight excluding hydrogens is 326 g/mol. The highest BCUT2D eigenvalue weighted by Crippen LogP contribution is 2.68. The molecule has 0 amide bonds. The molecule has 142 valence electrons. The Hall–Kier alpha value is -1.26. The van der Waals surface area contributed by atoms with Gasteiger partial charge in [-0.3, -0.25) is 0 Å². The Morgan fingerprint density at radius 2 is 2.12 bits per heavy atom. The molecule has 1 aromatic rings. The molecule has 3 aliphatic carbocycles. The lowest BCUT2D eigenvalue weighted by atomic mass is 9.43. The normalized spacial score (nSPS) is 42.3. The maximum absolute atomic E-state index is 12.2. The number of aliphatic hydroxyl groups is 1. The van der Waals surface area contributed by atoms with Crippen molar-refractivity contribution in [3.63, 3.8) is 0 Å². The minimum absolute atomic E-state index is 0.0803. The molecule has 3 N–H and O–H groups in total. The maximum Gasteiger partial charge on any atom is 0.165 e. The van der Waals surface area contributed by atoms with Crippen molar-refractivity contribution in [2.75, 3.05) is 7.05 Å². The van der Waals surface area contributed by atoms with E-state index in [2.05, 4.69) is 18.3 Å². The maximum atomic E-state index is 12.2. The number of phenols is 1. The highest BCUT2D eigenvalue weighted by Gasteiger charge is 2.72. The van der Waals surface area contributed by atoms with Crippen molar-refractivity contribution >= 4 is 0 Å². The number of nitrogens with one attached hydrogen (secondary N) is 1.